The second kappa shape index (κ2) is 11.0. The molecule has 0 bridgehead atoms. The van der Waals surface area contributed by atoms with Gasteiger partial charge in [0.2, 0.25) is 15.9 Å². The average molecular weight is 548 g/mol. The summed E-state index contributed by atoms with van der Waals surface area (Å²) in [5.74, 6) is -0.223. The van der Waals surface area contributed by atoms with E-state index < -0.39 is 22.5 Å². The minimum absolute atomic E-state index is 0.0230. The van der Waals surface area contributed by atoms with Crippen molar-refractivity contribution in [1.29, 1.82) is 0 Å². The number of nitrogens with zero attached hydrogens (tertiary/aromatic N) is 1. The molecule has 6 nitrogen and oxygen atoms in total. The summed E-state index contributed by atoms with van der Waals surface area (Å²) in [5.41, 5.74) is 0.787. The van der Waals surface area contributed by atoms with Crippen LogP contribution in [0, 0.1) is 0 Å². The molecule has 0 heterocycles. The van der Waals surface area contributed by atoms with Crippen molar-refractivity contribution in [3.05, 3.63) is 86.3 Å². The van der Waals surface area contributed by atoms with Gasteiger partial charge < -0.3 is 10.1 Å². The molecule has 0 aliphatic carbocycles. The fourth-order valence-electron chi connectivity index (χ4n) is 2.95. The molecule has 0 atom stereocenters. The van der Waals surface area contributed by atoms with Crippen molar-refractivity contribution < 1.29 is 17.9 Å². The van der Waals surface area contributed by atoms with Gasteiger partial charge in [-0.25, -0.2) is 8.42 Å². The molecule has 3 rings (SSSR count). The Hall–Kier alpha value is -2.00. The van der Waals surface area contributed by atoms with Crippen LogP contribution in [0.2, 0.25) is 20.1 Å². The highest BCUT2D eigenvalue weighted by molar-refractivity contribution is 7.89. The molecule has 0 unspecified atom stereocenters. The number of hydrogen-bond donors (Lipinski definition) is 1. The monoisotopic (exact) mass is 546 g/mol. The maximum absolute atomic E-state index is 13.4. The van der Waals surface area contributed by atoms with Gasteiger partial charge in [0.05, 0.1) is 24.2 Å². The summed E-state index contributed by atoms with van der Waals surface area (Å²) in [6, 6.07) is 15.0. The molecule has 0 radical (unpaired) electrons. The lowest BCUT2D eigenvalue weighted by molar-refractivity contribution is -0.116. The first-order valence-electron chi connectivity index (χ1n) is 9.43. The second-order valence-corrected chi connectivity index (χ2v) is 10.5. The molecule has 0 aliphatic rings. The Balaban J connectivity index is 1.93. The maximum atomic E-state index is 13.4. The smallest absolute Gasteiger partial charge is 0.243 e. The fourth-order valence-corrected chi connectivity index (χ4v) is 5.09. The van der Waals surface area contributed by atoms with Crippen molar-refractivity contribution in [2.45, 2.75) is 11.4 Å². The Morgan fingerprint density at radius 3 is 2.15 bits per heavy atom. The van der Waals surface area contributed by atoms with Crippen LogP contribution in [-0.4, -0.2) is 32.3 Å². The number of anilines is 1. The van der Waals surface area contributed by atoms with Crippen LogP contribution in [0.5, 0.6) is 5.75 Å². The van der Waals surface area contributed by atoms with Crippen molar-refractivity contribution in [3.8, 4) is 5.75 Å². The van der Waals surface area contributed by atoms with E-state index >= 15 is 0 Å². The molecule has 0 saturated heterocycles. The van der Waals surface area contributed by atoms with Gasteiger partial charge in [0.1, 0.15) is 5.75 Å². The van der Waals surface area contributed by atoms with Gasteiger partial charge in [0.25, 0.3) is 0 Å². The second-order valence-electron chi connectivity index (χ2n) is 6.86. The van der Waals surface area contributed by atoms with Crippen molar-refractivity contribution >= 4 is 68.0 Å². The Morgan fingerprint density at radius 2 is 1.52 bits per heavy atom. The Morgan fingerprint density at radius 1 is 0.909 bits per heavy atom. The van der Waals surface area contributed by atoms with Gasteiger partial charge in [-0.2, -0.15) is 4.31 Å². The number of amides is 1. The predicted molar refractivity (Wildman–Crippen MR) is 132 cm³/mol. The van der Waals surface area contributed by atoms with Gasteiger partial charge in [-0.3, -0.25) is 4.79 Å². The number of methoxy groups -OCH3 is 1. The molecule has 33 heavy (non-hydrogen) atoms. The number of benzene rings is 3. The quantitative estimate of drug-likeness (QED) is 0.367. The number of halogens is 4. The van der Waals surface area contributed by atoms with Gasteiger partial charge in [-0.15, -0.1) is 0 Å². The summed E-state index contributed by atoms with van der Waals surface area (Å²) in [6.45, 7) is -0.666. The van der Waals surface area contributed by atoms with Crippen LogP contribution >= 0.6 is 46.4 Å². The lowest BCUT2D eigenvalue weighted by atomic mass is 10.2. The zero-order chi connectivity index (χ0) is 24.2. The number of carbonyl (C=O) groups excluding carboxylic acids is 1. The van der Waals surface area contributed by atoms with Crippen LogP contribution in [0.15, 0.2) is 65.6 Å². The molecule has 0 aliphatic heterocycles. The average Bonchev–Trinajstić information content (AvgIpc) is 2.75. The summed E-state index contributed by atoms with van der Waals surface area (Å²) in [6.07, 6.45) is 0. The van der Waals surface area contributed by atoms with Crippen LogP contribution in [0.25, 0.3) is 0 Å². The molecule has 11 heteroatoms. The molecule has 0 saturated carbocycles. The van der Waals surface area contributed by atoms with Gasteiger partial charge in [-0.05, 0) is 60.2 Å². The lowest BCUT2D eigenvalue weighted by Crippen LogP contribution is -2.37. The van der Waals surface area contributed by atoms with E-state index in [0.717, 1.165) is 4.31 Å². The highest BCUT2D eigenvalue weighted by Gasteiger charge is 2.28. The number of nitrogens with one attached hydrogen (secondary N) is 1. The SMILES string of the molecule is COc1ccc(Cl)cc1NC(=O)CN(Cc1ccc(Cl)cc1Cl)S(=O)(=O)c1ccc(Cl)cc1. The van der Waals surface area contributed by atoms with Crippen LogP contribution in [0.1, 0.15) is 5.56 Å². The first-order chi connectivity index (χ1) is 15.6. The van der Waals surface area contributed by atoms with E-state index in [1.807, 2.05) is 0 Å². The molecule has 0 aromatic heterocycles. The van der Waals surface area contributed by atoms with E-state index in [1.165, 1.54) is 43.5 Å². The van der Waals surface area contributed by atoms with Crippen LogP contribution in [-0.2, 0) is 21.4 Å². The minimum atomic E-state index is -4.09. The largest absolute Gasteiger partial charge is 0.495 e. The first kappa shape index (κ1) is 25.6. The predicted octanol–water partition coefficient (Wildman–Crippen LogP) is 6.14. The van der Waals surface area contributed by atoms with Crippen molar-refractivity contribution in [2.75, 3.05) is 19.0 Å². The topological polar surface area (TPSA) is 75.7 Å². The number of sulfonamides is 1. The zero-order valence-electron chi connectivity index (χ0n) is 17.2. The van der Waals surface area contributed by atoms with Gasteiger partial charge >= 0.3 is 0 Å². The highest BCUT2D eigenvalue weighted by atomic mass is 35.5. The summed E-state index contributed by atoms with van der Waals surface area (Å²) in [4.78, 5) is 12.8. The van der Waals surface area contributed by atoms with Crippen LogP contribution in [0.4, 0.5) is 5.69 Å². The van der Waals surface area contributed by atoms with E-state index in [4.69, 9.17) is 51.1 Å². The highest BCUT2D eigenvalue weighted by Crippen LogP contribution is 2.29. The number of carbonyl (C=O) groups is 1. The molecule has 0 spiro atoms. The Labute approximate surface area is 212 Å². The number of hydrogen-bond acceptors (Lipinski definition) is 4. The van der Waals surface area contributed by atoms with Crippen molar-refractivity contribution in [1.82, 2.24) is 4.31 Å². The third-order valence-electron chi connectivity index (χ3n) is 4.57. The van der Waals surface area contributed by atoms with E-state index in [1.54, 1.807) is 24.3 Å². The zero-order valence-corrected chi connectivity index (χ0v) is 21.0. The molecule has 1 amide bonds. The molecule has 3 aromatic rings. The van der Waals surface area contributed by atoms with E-state index in [9.17, 15) is 13.2 Å². The van der Waals surface area contributed by atoms with E-state index in [0.29, 0.717) is 32.1 Å². The minimum Gasteiger partial charge on any atom is -0.495 e. The molecule has 0 fully saturated rings. The molecule has 3 aromatic carbocycles. The third kappa shape index (κ3) is 6.53. The molecular formula is C22H18Cl4N2O4S. The van der Waals surface area contributed by atoms with Gasteiger partial charge in [0, 0.05) is 26.6 Å². The number of ether oxygens (including phenoxy) is 1. The normalized spacial score (nSPS) is 11.5. The van der Waals surface area contributed by atoms with Gasteiger partial charge in [0.15, 0.2) is 0 Å². The Kier molecular flexibility index (Phi) is 8.50. The standard InChI is InChI=1S/C22H18Cl4N2O4S/c1-32-21-9-6-17(25)11-20(21)27-22(29)13-28(12-14-2-3-16(24)10-19(14)26)33(30,31)18-7-4-15(23)5-8-18/h2-11H,12-13H2,1H3,(H,27,29). The summed E-state index contributed by atoms with van der Waals surface area (Å²) >= 11 is 24.1. The number of rotatable bonds is 8. The lowest BCUT2D eigenvalue weighted by Gasteiger charge is -2.23. The van der Waals surface area contributed by atoms with Gasteiger partial charge in [-0.1, -0.05) is 52.5 Å². The van der Waals surface area contributed by atoms with Crippen LogP contribution in [0.3, 0.4) is 0 Å². The summed E-state index contributed by atoms with van der Waals surface area (Å²) < 4.78 is 33.0. The van der Waals surface area contributed by atoms with E-state index in [2.05, 4.69) is 5.32 Å². The molecule has 1 N–H and O–H groups in total. The summed E-state index contributed by atoms with van der Waals surface area (Å²) in [7, 11) is -2.65. The third-order valence-corrected chi connectivity index (χ3v) is 7.45. The van der Waals surface area contributed by atoms with Crippen LogP contribution < -0.4 is 10.1 Å². The van der Waals surface area contributed by atoms with Crippen molar-refractivity contribution in [3.63, 3.8) is 0 Å². The van der Waals surface area contributed by atoms with E-state index in [-0.39, 0.29) is 16.5 Å². The summed E-state index contributed by atoms with van der Waals surface area (Å²) in [5, 5.41) is 4.08. The Bertz CT molecular complexity index is 1270. The first-order valence-corrected chi connectivity index (χ1v) is 12.4. The molecular weight excluding hydrogens is 530 g/mol. The molecule has 174 valence electrons. The fraction of sp³-hybridized carbons (Fsp3) is 0.136. The maximum Gasteiger partial charge on any atom is 0.243 e. The van der Waals surface area contributed by atoms with Crippen molar-refractivity contribution in [2.24, 2.45) is 0 Å².